The number of anilines is 1. The fourth-order valence-corrected chi connectivity index (χ4v) is 10.5. The zero-order chi connectivity index (χ0) is 44.2. The zero-order valence-corrected chi connectivity index (χ0v) is 34.8. The van der Waals surface area contributed by atoms with E-state index in [-0.39, 0.29) is 43.3 Å². The number of rotatable bonds is 12. The first-order valence-electron chi connectivity index (χ1n) is 20.9. The molecule has 4 aliphatic heterocycles. The SMILES string of the molecule is O=C1CC[C@H](N2Cc3cc(C[C@H](O)CN4CCC(c5ccc(-c6cnc7[nH]cc(C(=O)c8c(F)ccc(NS(=O)(=O)N9CC[C@@H](F)C9)c8F)c7c6)cc5)CC4)ccc3C2=O)C(=O)N1. The molecular formula is C45H44F3N7O7S. The van der Waals surface area contributed by atoms with Crippen molar-refractivity contribution >= 4 is 50.4 Å². The molecule has 5 aromatic rings. The Morgan fingerprint density at radius 1 is 0.952 bits per heavy atom. The van der Waals surface area contributed by atoms with Crippen molar-refractivity contribution in [1.29, 1.82) is 0 Å². The average Bonchev–Trinajstić information content (AvgIpc) is 3.99. The van der Waals surface area contributed by atoms with Crippen LogP contribution >= 0.6 is 0 Å². The number of carbonyl (C=O) groups is 4. The number of nitrogens with one attached hydrogen (secondary N) is 3. The summed E-state index contributed by atoms with van der Waals surface area (Å²) in [6.45, 7) is 1.86. The smallest absolute Gasteiger partial charge is 0.301 e. The summed E-state index contributed by atoms with van der Waals surface area (Å²) in [6.07, 6.45) is 3.61. The van der Waals surface area contributed by atoms with Gasteiger partial charge in [0.2, 0.25) is 17.6 Å². The van der Waals surface area contributed by atoms with Crippen LogP contribution in [0.5, 0.6) is 0 Å². The van der Waals surface area contributed by atoms with Crippen LogP contribution in [0.15, 0.2) is 73.1 Å². The third-order valence-electron chi connectivity index (χ3n) is 12.6. The highest BCUT2D eigenvalue weighted by Crippen LogP contribution is 2.34. The number of pyridine rings is 1. The van der Waals surface area contributed by atoms with Gasteiger partial charge in [0.15, 0.2) is 5.82 Å². The lowest BCUT2D eigenvalue weighted by molar-refractivity contribution is -0.136. The van der Waals surface area contributed by atoms with E-state index < -0.39 is 69.6 Å². The van der Waals surface area contributed by atoms with Crippen LogP contribution in [0.3, 0.4) is 0 Å². The van der Waals surface area contributed by atoms with Crippen molar-refractivity contribution in [3.63, 3.8) is 0 Å². The maximum absolute atomic E-state index is 15.7. The molecule has 3 fully saturated rings. The first-order valence-corrected chi connectivity index (χ1v) is 22.4. The van der Waals surface area contributed by atoms with Crippen LogP contribution in [0.1, 0.15) is 81.0 Å². The number of carbonyl (C=O) groups excluding carboxylic acids is 4. The van der Waals surface area contributed by atoms with E-state index in [0.717, 1.165) is 64.6 Å². The minimum Gasteiger partial charge on any atom is -0.391 e. The molecule has 14 nitrogen and oxygen atoms in total. The molecule has 0 radical (unpaired) electrons. The maximum Gasteiger partial charge on any atom is 0.301 e. The second-order valence-corrected chi connectivity index (χ2v) is 18.4. The lowest BCUT2D eigenvalue weighted by atomic mass is 9.88. The van der Waals surface area contributed by atoms with E-state index in [4.69, 9.17) is 0 Å². The monoisotopic (exact) mass is 883 g/mol. The number of benzene rings is 3. The Balaban J connectivity index is 0.809. The molecule has 4 aliphatic rings. The summed E-state index contributed by atoms with van der Waals surface area (Å²) in [6, 6.07) is 16.2. The van der Waals surface area contributed by atoms with Crippen LogP contribution in [0.25, 0.3) is 22.2 Å². The fraction of sp³-hybridized carbons (Fsp3) is 0.356. The van der Waals surface area contributed by atoms with Gasteiger partial charge < -0.3 is 19.9 Å². The molecule has 2 aromatic heterocycles. The van der Waals surface area contributed by atoms with Gasteiger partial charge in [-0.1, -0.05) is 36.4 Å². The predicted octanol–water partition coefficient (Wildman–Crippen LogP) is 4.98. The Kier molecular flexibility index (Phi) is 11.4. The molecule has 0 aliphatic carbocycles. The summed E-state index contributed by atoms with van der Waals surface area (Å²) in [5.41, 5.74) is 3.51. The molecule has 63 heavy (non-hydrogen) atoms. The summed E-state index contributed by atoms with van der Waals surface area (Å²) in [7, 11) is -4.36. The molecule has 0 bridgehead atoms. The Labute approximate surface area is 360 Å². The Hall–Kier alpha value is -5.95. The first kappa shape index (κ1) is 42.4. The number of aliphatic hydroxyl groups is 1. The van der Waals surface area contributed by atoms with Crippen LogP contribution in [-0.2, 0) is 32.8 Å². The Bertz CT molecular complexity index is 2760. The first-order chi connectivity index (χ1) is 30.2. The minimum atomic E-state index is -4.36. The van der Waals surface area contributed by atoms with Gasteiger partial charge in [-0.25, -0.2) is 18.2 Å². The molecule has 6 heterocycles. The van der Waals surface area contributed by atoms with Crippen LogP contribution in [0.2, 0.25) is 0 Å². The van der Waals surface area contributed by atoms with E-state index in [1.165, 1.54) is 11.1 Å². The van der Waals surface area contributed by atoms with Crippen molar-refractivity contribution in [3.8, 4) is 11.1 Å². The van der Waals surface area contributed by atoms with Gasteiger partial charge in [0.1, 0.15) is 23.7 Å². The largest absolute Gasteiger partial charge is 0.391 e. The number of β-amino-alcohol motifs (C(OH)–C–C–N with tert-alkyl or cyclic N) is 1. The molecule has 3 saturated heterocycles. The molecule has 0 saturated carbocycles. The molecule has 3 amide bonds. The number of aromatic nitrogens is 2. The lowest BCUT2D eigenvalue weighted by Gasteiger charge is -2.33. The number of piperidine rings is 2. The second kappa shape index (κ2) is 17.0. The lowest BCUT2D eigenvalue weighted by Crippen LogP contribution is -2.52. The number of H-pyrrole nitrogens is 1. The third kappa shape index (κ3) is 8.47. The number of imide groups is 1. The molecule has 3 atom stereocenters. The van der Waals surface area contributed by atoms with Crippen molar-refractivity contribution in [2.24, 2.45) is 0 Å². The number of hydrogen-bond donors (Lipinski definition) is 4. The normalized spacial score (nSPS) is 20.6. The van der Waals surface area contributed by atoms with Gasteiger partial charge in [-0.3, -0.25) is 29.2 Å². The minimum absolute atomic E-state index is 0.00406. The van der Waals surface area contributed by atoms with Crippen molar-refractivity contribution in [1.82, 2.24) is 29.4 Å². The van der Waals surface area contributed by atoms with E-state index in [1.54, 1.807) is 18.3 Å². The number of aromatic amines is 1. The highest BCUT2D eigenvalue weighted by atomic mass is 32.2. The summed E-state index contributed by atoms with van der Waals surface area (Å²) >= 11 is 0. The number of amides is 3. The maximum atomic E-state index is 15.7. The highest BCUT2D eigenvalue weighted by molar-refractivity contribution is 7.90. The molecule has 3 aromatic carbocycles. The number of fused-ring (bicyclic) bond motifs is 2. The Morgan fingerprint density at radius 2 is 1.73 bits per heavy atom. The highest BCUT2D eigenvalue weighted by Gasteiger charge is 2.39. The quantitative estimate of drug-likeness (QED) is 0.0991. The summed E-state index contributed by atoms with van der Waals surface area (Å²) in [5, 5.41) is 13.7. The van der Waals surface area contributed by atoms with Crippen molar-refractivity contribution in [3.05, 3.63) is 118 Å². The fourth-order valence-electron chi connectivity index (χ4n) is 9.22. The molecule has 18 heteroatoms. The summed E-state index contributed by atoms with van der Waals surface area (Å²) < 4.78 is 73.0. The van der Waals surface area contributed by atoms with Gasteiger partial charge in [-0.2, -0.15) is 12.7 Å². The van der Waals surface area contributed by atoms with Crippen molar-refractivity contribution in [2.45, 2.75) is 69.3 Å². The van der Waals surface area contributed by atoms with E-state index >= 15 is 8.78 Å². The van der Waals surface area contributed by atoms with Gasteiger partial charge in [-0.05, 0) is 97.6 Å². The number of alkyl halides is 1. The molecule has 4 N–H and O–H groups in total. The van der Waals surface area contributed by atoms with Crippen LogP contribution < -0.4 is 10.0 Å². The number of aliphatic hydroxyl groups excluding tert-OH is 1. The zero-order valence-electron chi connectivity index (χ0n) is 34.0. The van der Waals surface area contributed by atoms with E-state index in [1.807, 2.05) is 41.1 Å². The standard InChI is InChI=1S/C45H44F3N7O7S/c46-31-13-16-54(23-31)63(61,62)52-37-8-7-36(47)40(41(37)48)42(58)35-21-50-43-34(35)19-29(20-49-43)27-4-2-26(3-5-27)28-11-14-53(15-12-28)24-32(56)18-25-1-6-33-30(17-25)22-55(45(33)60)38-9-10-39(57)51-44(38)59/h1-8,17,19-21,28,31-32,38,52,56H,9-16,18,22-24H2,(H,49,50)(H,51,57,59)/t31-,32+,38+/m1/s1. The van der Waals surface area contributed by atoms with Crippen LogP contribution in [-0.4, -0.2) is 112 Å². The van der Waals surface area contributed by atoms with Crippen molar-refractivity contribution in [2.75, 3.05) is 37.4 Å². The predicted molar refractivity (Wildman–Crippen MR) is 226 cm³/mol. The number of hydrogen-bond acceptors (Lipinski definition) is 9. The number of halogens is 3. The topological polar surface area (TPSA) is 185 Å². The molecule has 0 unspecified atom stereocenters. The molecule has 9 rings (SSSR count). The van der Waals surface area contributed by atoms with E-state index in [9.17, 15) is 37.1 Å². The number of likely N-dealkylation sites (tertiary alicyclic amines) is 1. The van der Waals surface area contributed by atoms with Gasteiger partial charge in [0, 0.05) is 67.1 Å². The van der Waals surface area contributed by atoms with Gasteiger partial charge in [0.25, 0.3) is 5.91 Å². The third-order valence-corrected chi connectivity index (χ3v) is 14.1. The van der Waals surface area contributed by atoms with Crippen LogP contribution in [0, 0.1) is 11.6 Å². The molecular weight excluding hydrogens is 840 g/mol. The molecule has 328 valence electrons. The Morgan fingerprint density at radius 3 is 2.46 bits per heavy atom. The summed E-state index contributed by atoms with van der Waals surface area (Å²) in [4.78, 5) is 61.9. The number of nitrogens with zero attached hydrogens (tertiary/aromatic N) is 4. The van der Waals surface area contributed by atoms with E-state index in [2.05, 4.69) is 20.2 Å². The van der Waals surface area contributed by atoms with Gasteiger partial charge in [0.05, 0.1) is 17.4 Å². The van der Waals surface area contributed by atoms with Crippen LogP contribution in [0.4, 0.5) is 18.9 Å². The molecule has 0 spiro atoms. The van der Waals surface area contributed by atoms with Gasteiger partial charge in [-0.15, -0.1) is 0 Å². The summed E-state index contributed by atoms with van der Waals surface area (Å²) in [5.74, 6) is -4.31. The second-order valence-electron chi connectivity index (χ2n) is 16.7. The number of ketones is 1. The van der Waals surface area contributed by atoms with Crippen molar-refractivity contribution < 1.29 is 45.9 Å². The average molecular weight is 884 g/mol. The van der Waals surface area contributed by atoms with E-state index in [0.29, 0.717) is 47.5 Å². The van der Waals surface area contributed by atoms with Gasteiger partial charge >= 0.3 is 10.2 Å².